The third-order valence-corrected chi connectivity index (χ3v) is 8.87. The molecule has 7 heteroatoms. The van der Waals surface area contributed by atoms with Gasteiger partial charge in [-0.1, -0.05) is 32.0 Å². The van der Waals surface area contributed by atoms with Crippen LogP contribution in [0.15, 0.2) is 47.4 Å². The molecular weight excluding hydrogens is 436 g/mol. The zero-order valence-corrected chi connectivity index (χ0v) is 20.5. The SMILES string of the molecule is COc1ccc(C(NC(=O)C2CCN(S(=O)(=O)c3ccc4c(c3)CCC4)CC2)C(C)C)cc1. The number of nitrogens with one attached hydrogen (secondary N) is 1. The largest absolute Gasteiger partial charge is 0.497 e. The second-order valence-corrected chi connectivity index (χ2v) is 11.4. The molecule has 2 aromatic carbocycles. The van der Waals surface area contributed by atoms with E-state index in [2.05, 4.69) is 19.2 Å². The van der Waals surface area contributed by atoms with Gasteiger partial charge in [0.05, 0.1) is 18.0 Å². The van der Waals surface area contributed by atoms with Crippen LogP contribution in [0.2, 0.25) is 0 Å². The molecular formula is C26H34N2O4S. The van der Waals surface area contributed by atoms with Crippen molar-refractivity contribution in [1.29, 1.82) is 0 Å². The summed E-state index contributed by atoms with van der Waals surface area (Å²) in [7, 11) is -1.90. The number of nitrogens with zero attached hydrogens (tertiary/aromatic N) is 1. The van der Waals surface area contributed by atoms with E-state index >= 15 is 0 Å². The molecule has 1 atom stereocenters. The minimum Gasteiger partial charge on any atom is -0.497 e. The van der Waals surface area contributed by atoms with Crippen molar-refractivity contribution in [3.8, 4) is 5.75 Å². The predicted octanol–water partition coefficient (Wildman–Crippen LogP) is 4.10. The third-order valence-electron chi connectivity index (χ3n) is 6.97. The predicted molar refractivity (Wildman–Crippen MR) is 129 cm³/mol. The Morgan fingerprint density at radius 2 is 1.70 bits per heavy atom. The van der Waals surface area contributed by atoms with Crippen LogP contribution in [-0.2, 0) is 27.7 Å². The van der Waals surface area contributed by atoms with Gasteiger partial charge in [-0.3, -0.25) is 4.79 Å². The number of fused-ring (bicyclic) bond motifs is 1. The van der Waals surface area contributed by atoms with E-state index in [1.54, 1.807) is 13.2 Å². The first-order valence-electron chi connectivity index (χ1n) is 11.9. The van der Waals surface area contributed by atoms with E-state index in [1.807, 2.05) is 36.4 Å². The van der Waals surface area contributed by atoms with E-state index < -0.39 is 10.0 Å². The molecule has 0 spiro atoms. The average Bonchev–Trinajstić information content (AvgIpc) is 3.30. The summed E-state index contributed by atoms with van der Waals surface area (Å²) < 4.78 is 33.1. The quantitative estimate of drug-likeness (QED) is 0.661. The van der Waals surface area contributed by atoms with Gasteiger partial charge in [0.25, 0.3) is 0 Å². The number of aryl methyl sites for hydroxylation is 2. The Balaban J connectivity index is 1.38. The fourth-order valence-electron chi connectivity index (χ4n) is 4.93. The van der Waals surface area contributed by atoms with Crippen molar-refractivity contribution < 1.29 is 17.9 Å². The van der Waals surface area contributed by atoms with Gasteiger partial charge in [-0.25, -0.2) is 8.42 Å². The van der Waals surface area contributed by atoms with Crippen LogP contribution in [0.1, 0.15) is 55.8 Å². The van der Waals surface area contributed by atoms with E-state index in [0.717, 1.165) is 36.1 Å². The van der Waals surface area contributed by atoms with Crippen LogP contribution in [0, 0.1) is 11.8 Å². The number of ether oxygens (including phenoxy) is 1. The van der Waals surface area contributed by atoms with Gasteiger partial charge in [-0.15, -0.1) is 0 Å². The third kappa shape index (κ3) is 5.09. The molecule has 33 heavy (non-hydrogen) atoms. The van der Waals surface area contributed by atoms with Gasteiger partial charge < -0.3 is 10.1 Å². The number of rotatable bonds is 7. The monoisotopic (exact) mass is 470 g/mol. The number of sulfonamides is 1. The van der Waals surface area contributed by atoms with Crippen LogP contribution in [-0.4, -0.2) is 38.8 Å². The molecule has 1 saturated heterocycles. The van der Waals surface area contributed by atoms with Gasteiger partial charge in [-0.05, 0) is 79.0 Å². The first-order valence-corrected chi connectivity index (χ1v) is 13.3. The Kier molecular flexibility index (Phi) is 7.10. The van der Waals surface area contributed by atoms with Gasteiger partial charge in [-0.2, -0.15) is 4.31 Å². The van der Waals surface area contributed by atoms with Crippen molar-refractivity contribution in [2.45, 2.75) is 56.9 Å². The first-order chi connectivity index (χ1) is 15.8. The summed E-state index contributed by atoms with van der Waals surface area (Å²) in [6, 6.07) is 13.2. The maximum absolute atomic E-state index is 13.2. The van der Waals surface area contributed by atoms with E-state index in [9.17, 15) is 13.2 Å². The minimum atomic E-state index is -3.53. The molecule has 4 rings (SSSR count). The molecule has 1 aliphatic heterocycles. The van der Waals surface area contributed by atoms with Crippen molar-refractivity contribution in [3.05, 3.63) is 59.2 Å². The van der Waals surface area contributed by atoms with Gasteiger partial charge in [0.1, 0.15) is 5.75 Å². The maximum Gasteiger partial charge on any atom is 0.243 e. The van der Waals surface area contributed by atoms with E-state index in [-0.39, 0.29) is 23.8 Å². The van der Waals surface area contributed by atoms with Crippen molar-refractivity contribution in [2.24, 2.45) is 11.8 Å². The molecule has 178 valence electrons. The highest BCUT2D eigenvalue weighted by molar-refractivity contribution is 7.89. The number of carbonyl (C=O) groups is 1. The van der Waals surface area contributed by atoms with Crippen LogP contribution < -0.4 is 10.1 Å². The summed E-state index contributed by atoms with van der Waals surface area (Å²) in [4.78, 5) is 13.4. The zero-order chi connectivity index (χ0) is 23.6. The van der Waals surface area contributed by atoms with Crippen molar-refractivity contribution in [1.82, 2.24) is 9.62 Å². The molecule has 0 bridgehead atoms. The normalized spacial score (nSPS) is 18.2. The van der Waals surface area contributed by atoms with Crippen molar-refractivity contribution >= 4 is 15.9 Å². The fourth-order valence-corrected chi connectivity index (χ4v) is 6.45. The van der Waals surface area contributed by atoms with E-state index in [1.165, 1.54) is 9.87 Å². The molecule has 2 aromatic rings. The Labute approximate surface area is 197 Å². The Bertz CT molecular complexity index is 1090. The van der Waals surface area contributed by atoms with Gasteiger partial charge in [0.15, 0.2) is 0 Å². The van der Waals surface area contributed by atoms with Crippen LogP contribution in [0.25, 0.3) is 0 Å². The van der Waals surface area contributed by atoms with Gasteiger partial charge >= 0.3 is 0 Å². The molecule has 1 aliphatic carbocycles. The topological polar surface area (TPSA) is 75.7 Å². The highest BCUT2D eigenvalue weighted by Crippen LogP contribution is 2.30. The standard InChI is InChI=1S/C26H34N2O4S/c1-18(2)25(20-7-10-23(32-3)11-8-20)27-26(29)21-13-15-28(16-14-21)33(30,31)24-12-9-19-5-4-6-22(19)17-24/h7-12,17-18,21,25H,4-6,13-16H2,1-3H3,(H,27,29). The second kappa shape index (κ2) is 9.85. The lowest BCUT2D eigenvalue weighted by atomic mass is 9.92. The Hall–Kier alpha value is -2.38. The molecule has 0 radical (unpaired) electrons. The van der Waals surface area contributed by atoms with Crippen LogP contribution in [0.5, 0.6) is 5.75 Å². The molecule has 1 heterocycles. The summed E-state index contributed by atoms with van der Waals surface area (Å²) in [6.45, 7) is 4.90. The Morgan fingerprint density at radius 1 is 1.03 bits per heavy atom. The van der Waals surface area contributed by atoms with E-state index in [4.69, 9.17) is 4.74 Å². The fraction of sp³-hybridized carbons (Fsp3) is 0.500. The van der Waals surface area contributed by atoms with E-state index in [0.29, 0.717) is 30.8 Å². The maximum atomic E-state index is 13.2. The smallest absolute Gasteiger partial charge is 0.243 e. The van der Waals surface area contributed by atoms with Gasteiger partial charge in [0.2, 0.25) is 15.9 Å². The summed E-state index contributed by atoms with van der Waals surface area (Å²) in [6.07, 6.45) is 4.14. The average molecular weight is 471 g/mol. The number of benzene rings is 2. The molecule has 6 nitrogen and oxygen atoms in total. The lowest BCUT2D eigenvalue weighted by Crippen LogP contribution is -2.44. The van der Waals surface area contributed by atoms with Crippen LogP contribution in [0.3, 0.4) is 0 Å². The summed E-state index contributed by atoms with van der Waals surface area (Å²) in [5.41, 5.74) is 3.46. The van der Waals surface area contributed by atoms with Crippen LogP contribution >= 0.6 is 0 Å². The molecule has 0 saturated carbocycles. The Morgan fingerprint density at radius 3 is 2.33 bits per heavy atom. The highest BCUT2D eigenvalue weighted by Gasteiger charge is 2.33. The highest BCUT2D eigenvalue weighted by atomic mass is 32.2. The number of amides is 1. The number of hydrogen-bond donors (Lipinski definition) is 1. The van der Waals surface area contributed by atoms with Crippen LogP contribution in [0.4, 0.5) is 0 Å². The number of carbonyl (C=O) groups excluding carboxylic acids is 1. The zero-order valence-electron chi connectivity index (χ0n) is 19.7. The number of methoxy groups -OCH3 is 1. The molecule has 1 unspecified atom stereocenters. The summed E-state index contributed by atoms with van der Waals surface area (Å²) >= 11 is 0. The molecule has 2 aliphatic rings. The number of piperidine rings is 1. The number of hydrogen-bond acceptors (Lipinski definition) is 4. The van der Waals surface area contributed by atoms with Gasteiger partial charge in [0, 0.05) is 19.0 Å². The summed E-state index contributed by atoms with van der Waals surface area (Å²) in [5, 5.41) is 3.21. The molecule has 1 amide bonds. The van der Waals surface area contributed by atoms with Crippen molar-refractivity contribution in [3.63, 3.8) is 0 Å². The minimum absolute atomic E-state index is 0.000836. The molecule has 1 fully saturated rings. The molecule has 0 aromatic heterocycles. The molecule has 1 N–H and O–H groups in total. The second-order valence-electron chi connectivity index (χ2n) is 9.47. The lowest BCUT2D eigenvalue weighted by molar-refractivity contribution is -0.127. The summed E-state index contributed by atoms with van der Waals surface area (Å²) in [5.74, 6) is 0.822. The lowest BCUT2D eigenvalue weighted by Gasteiger charge is -2.32. The van der Waals surface area contributed by atoms with Crippen molar-refractivity contribution in [2.75, 3.05) is 20.2 Å². The first kappa shape index (κ1) is 23.8.